The number of phenols is 1. The van der Waals surface area contributed by atoms with E-state index in [1.54, 1.807) is 0 Å². The lowest BCUT2D eigenvalue weighted by Crippen LogP contribution is -1.99. The summed E-state index contributed by atoms with van der Waals surface area (Å²) in [5.41, 5.74) is 0.274. The molecule has 0 aliphatic rings. The second kappa shape index (κ2) is 4.80. The van der Waals surface area contributed by atoms with Crippen LogP contribution in [0.25, 0.3) is 0 Å². The van der Waals surface area contributed by atoms with Crippen molar-refractivity contribution in [3.63, 3.8) is 0 Å². The molecule has 0 aliphatic carbocycles. The van der Waals surface area contributed by atoms with Crippen LogP contribution in [0.5, 0.6) is 17.2 Å². The number of methoxy groups -OCH3 is 2. The minimum Gasteiger partial charge on any atom is -0.504 e. The molecule has 0 heterocycles. The van der Waals surface area contributed by atoms with E-state index in [1.807, 2.05) is 0 Å². The zero-order valence-electron chi connectivity index (χ0n) is 8.73. The van der Waals surface area contributed by atoms with Gasteiger partial charge in [0.2, 0.25) is 9.05 Å². The van der Waals surface area contributed by atoms with Crippen LogP contribution in [-0.2, 0) is 14.8 Å². The first-order valence-corrected chi connectivity index (χ1v) is 6.71. The van der Waals surface area contributed by atoms with Crippen LogP contribution in [0.1, 0.15) is 5.56 Å². The summed E-state index contributed by atoms with van der Waals surface area (Å²) in [7, 11) is 4.19. The molecule has 90 valence electrons. The molecule has 1 aromatic rings. The smallest absolute Gasteiger partial charge is 0.236 e. The number of hydrogen-bond donors (Lipinski definition) is 1. The largest absolute Gasteiger partial charge is 0.504 e. The highest BCUT2D eigenvalue weighted by Crippen LogP contribution is 2.34. The van der Waals surface area contributed by atoms with Crippen molar-refractivity contribution in [2.45, 2.75) is 5.75 Å². The molecule has 0 saturated heterocycles. The van der Waals surface area contributed by atoms with Gasteiger partial charge in [-0.3, -0.25) is 0 Å². The van der Waals surface area contributed by atoms with E-state index in [4.69, 9.17) is 20.2 Å². The minimum atomic E-state index is -3.71. The fourth-order valence-electron chi connectivity index (χ4n) is 1.25. The predicted octanol–water partition coefficient (Wildman–Crippen LogP) is 1.48. The third kappa shape index (κ3) is 3.18. The van der Waals surface area contributed by atoms with E-state index in [-0.39, 0.29) is 17.1 Å². The summed E-state index contributed by atoms with van der Waals surface area (Å²) in [4.78, 5) is 0. The van der Waals surface area contributed by atoms with Crippen LogP contribution in [-0.4, -0.2) is 27.7 Å². The molecule has 0 amide bonds. The van der Waals surface area contributed by atoms with Crippen molar-refractivity contribution in [3.8, 4) is 17.2 Å². The zero-order chi connectivity index (χ0) is 12.3. The van der Waals surface area contributed by atoms with Gasteiger partial charge in [0, 0.05) is 22.3 Å². The Hall–Kier alpha value is -1.14. The highest BCUT2D eigenvalue weighted by atomic mass is 35.7. The van der Waals surface area contributed by atoms with Gasteiger partial charge < -0.3 is 14.6 Å². The predicted molar refractivity (Wildman–Crippen MR) is 59.7 cm³/mol. The van der Waals surface area contributed by atoms with Crippen LogP contribution in [0.4, 0.5) is 0 Å². The molecule has 0 aromatic heterocycles. The van der Waals surface area contributed by atoms with Crippen LogP contribution in [0.3, 0.4) is 0 Å². The van der Waals surface area contributed by atoms with E-state index in [0.29, 0.717) is 5.75 Å². The maximum absolute atomic E-state index is 10.9. The lowest BCUT2D eigenvalue weighted by Gasteiger charge is -2.10. The molecular formula is C9H11ClO5S. The Labute approximate surface area is 98.0 Å². The van der Waals surface area contributed by atoms with Crippen LogP contribution in [0.15, 0.2) is 12.1 Å². The number of ether oxygens (including phenoxy) is 2. The van der Waals surface area contributed by atoms with Gasteiger partial charge in [-0.1, -0.05) is 0 Å². The zero-order valence-corrected chi connectivity index (χ0v) is 10.3. The summed E-state index contributed by atoms with van der Waals surface area (Å²) in [6, 6.07) is 2.64. The molecule has 0 spiro atoms. The van der Waals surface area contributed by atoms with Gasteiger partial charge in [-0.25, -0.2) is 8.42 Å². The van der Waals surface area contributed by atoms with Gasteiger partial charge in [-0.15, -0.1) is 0 Å². The van der Waals surface area contributed by atoms with Crippen LogP contribution >= 0.6 is 10.7 Å². The molecule has 0 atom stereocenters. The molecular weight excluding hydrogens is 256 g/mol. The molecule has 7 heteroatoms. The number of aromatic hydroxyl groups is 1. The van der Waals surface area contributed by atoms with Gasteiger partial charge in [-0.05, 0) is 6.07 Å². The highest BCUT2D eigenvalue weighted by molar-refractivity contribution is 8.13. The molecule has 0 bridgehead atoms. The first-order chi connectivity index (χ1) is 7.37. The van der Waals surface area contributed by atoms with Crippen molar-refractivity contribution in [2.75, 3.05) is 14.2 Å². The first kappa shape index (κ1) is 12.9. The maximum Gasteiger partial charge on any atom is 0.236 e. The van der Waals surface area contributed by atoms with E-state index in [0.717, 1.165) is 0 Å². The van der Waals surface area contributed by atoms with Gasteiger partial charge in [0.1, 0.15) is 5.75 Å². The van der Waals surface area contributed by atoms with Gasteiger partial charge in [0.25, 0.3) is 0 Å². The summed E-state index contributed by atoms with van der Waals surface area (Å²) < 4.78 is 31.7. The van der Waals surface area contributed by atoms with E-state index in [9.17, 15) is 13.5 Å². The Morgan fingerprint density at radius 1 is 1.25 bits per heavy atom. The molecule has 0 aliphatic heterocycles. The summed E-state index contributed by atoms with van der Waals surface area (Å²) in [5.74, 6) is -0.0972. The number of rotatable bonds is 4. The number of phenolic OH excluding ortho intramolecular Hbond substituents is 1. The molecule has 1 N–H and O–H groups in total. The summed E-state index contributed by atoms with van der Waals surface area (Å²) in [6.45, 7) is 0. The molecule has 1 aromatic carbocycles. The van der Waals surface area contributed by atoms with Crippen molar-refractivity contribution in [1.82, 2.24) is 0 Å². The van der Waals surface area contributed by atoms with E-state index >= 15 is 0 Å². The van der Waals surface area contributed by atoms with Crippen LogP contribution < -0.4 is 9.47 Å². The van der Waals surface area contributed by atoms with Crippen LogP contribution in [0, 0.1) is 0 Å². The minimum absolute atomic E-state index is 0.168. The van der Waals surface area contributed by atoms with Gasteiger partial charge in [0.05, 0.1) is 20.0 Å². The Kier molecular flexibility index (Phi) is 3.88. The van der Waals surface area contributed by atoms with E-state index < -0.39 is 14.8 Å². The van der Waals surface area contributed by atoms with Crippen molar-refractivity contribution in [2.24, 2.45) is 0 Å². The second-order valence-electron chi connectivity index (χ2n) is 3.02. The molecule has 0 saturated carbocycles. The fraction of sp³-hybridized carbons (Fsp3) is 0.333. The maximum atomic E-state index is 10.9. The Balaban J connectivity index is 3.23. The van der Waals surface area contributed by atoms with Gasteiger partial charge >= 0.3 is 0 Å². The summed E-state index contributed by atoms with van der Waals surface area (Å²) in [6.07, 6.45) is 0. The molecule has 5 nitrogen and oxygen atoms in total. The standard InChI is InChI=1S/C9H11ClO5S/c1-14-8-4-9(15-2)7(11)3-6(8)5-16(10,12)13/h3-4,11H,5H2,1-2H3. The third-order valence-corrected chi connectivity index (χ3v) is 2.89. The fourth-order valence-corrected chi connectivity index (χ4v) is 2.19. The lowest BCUT2D eigenvalue weighted by atomic mass is 10.2. The SMILES string of the molecule is COc1cc(OC)c(CS(=O)(=O)Cl)cc1O. The summed E-state index contributed by atoms with van der Waals surface area (Å²) >= 11 is 0. The quantitative estimate of drug-likeness (QED) is 0.836. The van der Waals surface area contributed by atoms with Crippen molar-refractivity contribution in [1.29, 1.82) is 0 Å². The number of benzene rings is 1. The monoisotopic (exact) mass is 266 g/mol. The van der Waals surface area contributed by atoms with Crippen LogP contribution in [0.2, 0.25) is 0 Å². The lowest BCUT2D eigenvalue weighted by molar-refractivity contribution is 0.363. The van der Waals surface area contributed by atoms with Gasteiger partial charge in [0.15, 0.2) is 11.5 Å². The number of hydrogen-bond acceptors (Lipinski definition) is 5. The third-order valence-electron chi connectivity index (χ3n) is 1.91. The Morgan fingerprint density at radius 2 is 1.81 bits per heavy atom. The van der Waals surface area contributed by atoms with Crippen molar-refractivity contribution >= 4 is 19.7 Å². The van der Waals surface area contributed by atoms with Crippen molar-refractivity contribution < 1.29 is 23.0 Å². The molecule has 0 fully saturated rings. The molecule has 1 rings (SSSR count). The van der Waals surface area contributed by atoms with Gasteiger partial charge in [-0.2, -0.15) is 0 Å². The second-order valence-corrected chi connectivity index (χ2v) is 5.80. The summed E-state index contributed by atoms with van der Waals surface area (Å²) in [5, 5.41) is 9.49. The average Bonchev–Trinajstić information content (AvgIpc) is 2.16. The van der Waals surface area contributed by atoms with E-state index in [1.165, 1.54) is 26.4 Å². The molecule has 0 unspecified atom stereocenters. The Morgan fingerprint density at radius 3 is 2.25 bits per heavy atom. The molecule has 16 heavy (non-hydrogen) atoms. The van der Waals surface area contributed by atoms with Crippen molar-refractivity contribution in [3.05, 3.63) is 17.7 Å². The normalized spacial score (nSPS) is 11.2. The Bertz CT molecular complexity index is 483. The molecule has 0 radical (unpaired) electrons. The topological polar surface area (TPSA) is 72.8 Å². The average molecular weight is 267 g/mol. The number of halogens is 1. The highest BCUT2D eigenvalue weighted by Gasteiger charge is 2.15. The van der Waals surface area contributed by atoms with E-state index in [2.05, 4.69) is 0 Å². The first-order valence-electron chi connectivity index (χ1n) is 4.23.